The largest absolute Gasteiger partial charge is 0.379 e. The molecule has 1 aliphatic heterocycles. The molecule has 0 radical (unpaired) electrons. The van der Waals surface area contributed by atoms with Crippen LogP contribution in [0.4, 0.5) is 0 Å². The second-order valence-electron chi connectivity index (χ2n) is 6.20. The highest BCUT2D eigenvalue weighted by molar-refractivity contribution is 5.90. The Hall–Kier alpha value is -1.19. The third kappa shape index (κ3) is 3.35. The number of morpholine rings is 1. The average molecular weight is 289 g/mol. The van der Waals surface area contributed by atoms with E-state index in [4.69, 9.17) is 4.74 Å². The fourth-order valence-electron chi connectivity index (χ4n) is 3.13. The van der Waals surface area contributed by atoms with Crippen LogP contribution in [0.2, 0.25) is 0 Å². The number of nitrogens with zero attached hydrogens (tertiary/aromatic N) is 1. The zero-order valence-corrected chi connectivity index (χ0v) is 13.7. The number of benzene rings is 1. The SMILES string of the molecule is CCC(C)(C(=O)Cc1c(C)cccc1C)N1CCOCC1. The normalized spacial score (nSPS) is 19.2. The second kappa shape index (κ2) is 6.71. The molecule has 0 saturated carbocycles. The topological polar surface area (TPSA) is 29.5 Å². The van der Waals surface area contributed by atoms with Crippen molar-refractivity contribution in [2.24, 2.45) is 0 Å². The maximum absolute atomic E-state index is 13.0. The molecule has 0 N–H and O–H groups in total. The first-order valence-corrected chi connectivity index (χ1v) is 7.90. The molecule has 1 aromatic rings. The summed E-state index contributed by atoms with van der Waals surface area (Å²) in [5, 5.41) is 0. The molecule has 0 aromatic heterocycles. The number of Topliss-reactive ketones (excluding diaryl/α,β-unsaturated/α-hetero) is 1. The van der Waals surface area contributed by atoms with Crippen molar-refractivity contribution >= 4 is 5.78 Å². The molecule has 1 aliphatic rings. The fourth-order valence-corrected chi connectivity index (χ4v) is 3.13. The van der Waals surface area contributed by atoms with Gasteiger partial charge in [0.1, 0.15) is 0 Å². The molecule has 0 bridgehead atoms. The Kier molecular flexibility index (Phi) is 5.17. The number of carbonyl (C=O) groups excluding carboxylic acids is 1. The third-order valence-electron chi connectivity index (χ3n) is 4.98. The molecule has 21 heavy (non-hydrogen) atoms. The van der Waals surface area contributed by atoms with E-state index in [2.05, 4.69) is 50.8 Å². The quantitative estimate of drug-likeness (QED) is 0.834. The lowest BCUT2D eigenvalue weighted by atomic mass is 9.85. The van der Waals surface area contributed by atoms with Crippen molar-refractivity contribution in [2.45, 2.75) is 46.1 Å². The molecule has 1 heterocycles. The van der Waals surface area contributed by atoms with E-state index in [1.807, 2.05) is 0 Å². The summed E-state index contributed by atoms with van der Waals surface area (Å²) in [5.74, 6) is 0.323. The predicted molar refractivity (Wildman–Crippen MR) is 85.7 cm³/mol. The van der Waals surface area contributed by atoms with Gasteiger partial charge in [-0.2, -0.15) is 0 Å². The minimum atomic E-state index is -0.376. The average Bonchev–Trinajstić information content (AvgIpc) is 2.51. The summed E-state index contributed by atoms with van der Waals surface area (Å²) >= 11 is 0. The van der Waals surface area contributed by atoms with Crippen LogP contribution < -0.4 is 0 Å². The van der Waals surface area contributed by atoms with Gasteiger partial charge in [0.05, 0.1) is 18.8 Å². The molecule has 1 saturated heterocycles. The van der Waals surface area contributed by atoms with Crippen molar-refractivity contribution < 1.29 is 9.53 Å². The van der Waals surface area contributed by atoms with Crippen LogP contribution in [0.3, 0.4) is 0 Å². The molecule has 0 amide bonds. The molecular formula is C18H27NO2. The second-order valence-corrected chi connectivity index (χ2v) is 6.20. The first kappa shape index (κ1) is 16.2. The lowest BCUT2D eigenvalue weighted by Crippen LogP contribution is -2.56. The van der Waals surface area contributed by atoms with Gasteiger partial charge in [-0.05, 0) is 43.9 Å². The van der Waals surface area contributed by atoms with E-state index < -0.39 is 0 Å². The highest BCUT2D eigenvalue weighted by atomic mass is 16.5. The van der Waals surface area contributed by atoms with Gasteiger partial charge in [0.15, 0.2) is 5.78 Å². The van der Waals surface area contributed by atoms with Crippen molar-refractivity contribution in [1.82, 2.24) is 4.90 Å². The number of ketones is 1. The lowest BCUT2D eigenvalue weighted by molar-refractivity contribution is -0.133. The zero-order valence-electron chi connectivity index (χ0n) is 13.7. The number of ether oxygens (including phenoxy) is 1. The lowest BCUT2D eigenvalue weighted by Gasteiger charge is -2.41. The molecule has 1 aromatic carbocycles. The molecular weight excluding hydrogens is 262 g/mol. The molecule has 1 fully saturated rings. The van der Waals surface area contributed by atoms with Gasteiger partial charge >= 0.3 is 0 Å². The van der Waals surface area contributed by atoms with E-state index in [9.17, 15) is 4.79 Å². The molecule has 0 spiro atoms. The van der Waals surface area contributed by atoms with Crippen LogP contribution in [-0.4, -0.2) is 42.5 Å². The summed E-state index contributed by atoms with van der Waals surface area (Å²) in [6.45, 7) is 11.5. The summed E-state index contributed by atoms with van der Waals surface area (Å²) in [6.07, 6.45) is 1.37. The standard InChI is InChI=1S/C18H27NO2/c1-5-18(4,19-9-11-21-12-10-19)17(20)13-16-14(2)7-6-8-15(16)3/h6-8H,5,9-13H2,1-4H3. The molecule has 3 heteroatoms. The van der Waals surface area contributed by atoms with Gasteiger partial charge in [-0.1, -0.05) is 25.1 Å². The Labute approximate surface area is 128 Å². The number of rotatable bonds is 5. The first-order valence-electron chi connectivity index (χ1n) is 7.90. The summed E-state index contributed by atoms with van der Waals surface area (Å²) in [6, 6.07) is 6.24. The van der Waals surface area contributed by atoms with Crippen LogP contribution in [0.5, 0.6) is 0 Å². The van der Waals surface area contributed by atoms with Crippen molar-refractivity contribution in [3.05, 3.63) is 34.9 Å². The third-order valence-corrected chi connectivity index (χ3v) is 4.98. The summed E-state index contributed by atoms with van der Waals surface area (Å²) < 4.78 is 5.42. The molecule has 1 atom stereocenters. The number of aryl methyl sites for hydroxylation is 2. The van der Waals surface area contributed by atoms with Gasteiger partial charge in [-0.3, -0.25) is 9.69 Å². The van der Waals surface area contributed by atoms with Crippen molar-refractivity contribution in [1.29, 1.82) is 0 Å². The van der Waals surface area contributed by atoms with Crippen LogP contribution in [-0.2, 0) is 16.0 Å². The Morgan fingerprint density at radius 3 is 2.33 bits per heavy atom. The van der Waals surface area contributed by atoms with Crippen LogP contribution in [0.25, 0.3) is 0 Å². The minimum absolute atomic E-state index is 0.323. The number of hydrogen-bond donors (Lipinski definition) is 0. The van der Waals surface area contributed by atoms with E-state index in [-0.39, 0.29) is 5.54 Å². The van der Waals surface area contributed by atoms with Crippen molar-refractivity contribution in [3.63, 3.8) is 0 Å². The Morgan fingerprint density at radius 2 is 1.81 bits per heavy atom. The Balaban J connectivity index is 2.20. The minimum Gasteiger partial charge on any atom is -0.379 e. The van der Waals surface area contributed by atoms with Gasteiger partial charge in [0.25, 0.3) is 0 Å². The summed E-state index contributed by atoms with van der Waals surface area (Å²) in [5.41, 5.74) is 3.24. The highest BCUT2D eigenvalue weighted by Crippen LogP contribution is 2.25. The molecule has 3 nitrogen and oxygen atoms in total. The zero-order chi connectivity index (χ0) is 15.5. The Morgan fingerprint density at radius 1 is 1.24 bits per heavy atom. The highest BCUT2D eigenvalue weighted by Gasteiger charge is 2.38. The van der Waals surface area contributed by atoms with Gasteiger partial charge < -0.3 is 4.74 Å². The number of hydrogen-bond acceptors (Lipinski definition) is 3. The monoisotopic (exact) mass is 289 g/mol. The van der Waals surface area contributed by atoms with Gasteiger partial charge in [0, 0.05) is 19.5 Å². The van der Waals surface area contributed by atoms with Gasteiger partial charge in [-0.25, -0.2) is 0 Å². The van der Waals surface area contributed by atoms with E-state index >= 15 is 0 Å². The summed E-state index contributed by atoms with van der Waals surface area (Å²) in [4.78, 5) is 15.3. The van der Waals surface area contributed by atoms with Crippen LogP contribution in [0, 0.1) is 13.8 Å². The van der Waals surface area contributed by atoms with Crippen molar-refractivity contribution in [3.8, 4) is 0 Å². The fraction of sp³-hybridized carbons (Fsp3) is 0.611. The summed E-state index contributed by atoms with van der Waals surface area (Å²) in [7, 11) is 0. The molecule has 0 aliphatic carbocycles. The van der Waals surface area contributed by atoms with Crippen LogP contribution in [0.1, 0.15) is 37.0 Å². The van der Waals surface area contributed by atoms with Crippen LogP contribution >= 0.6 is 0 Å². The molecule has 1 unspecified atom stereocenters. The maximum atomic E-state index is 13.0. The van der Waals surface area contributed by atoms with Gasteiger partial charge in [-0.15, -0.1) is 0 Å². The van der Waals surface area contributed by atoms with Crippen LogP contribution in [0.15, 0.2) is 18.2 Å². The molecule has 2 rings (SSSR count). The molecule has 116 valence electrons. The maximum Gasteiger partial charge on any atom is 0.157 e. The van der Waals surface area contributed by atoms with E-state index in [0.717, 1.165) is 32.7 Å². The van der Waals surface area contributed by atoms with Crippen molar-refractivity contribution in [2.75, 3.05) is 26.3 Å². The first-order chi connectivity index (χ1) is 9.99. The van der Waals surface area contributed by atoms with E-state index in [1.165, 1.54) is 16.7 Å². The smallest absolute Gasteiger partial charge is 0.157 e. The van der Waals surface area contributed by atoms with E-state index in [1.54, 1.807) is 0 Å². The number of carbonyl (C=O) groups is 1. The Bertz CT molecular complexity index is 486. The predicted octanol–water partition coefficient (Wildman–Crippen LogP) is 2.92. The van der Waals surface area contributed by atoms with E-state index in [0.29, 0.717) is 12.2 Å². The van der Waals surface area contributed by atoms with Gasteiger partial charge in [0.2, 0.25) is 0 Å².